The van der Waals surface area contributed by atoms with E-state index in [9.17, 15) is 4.39 Å². The van der Waals surface area contributed by atoms with Crippen molar-refractivity contribution in [2.75, 3.05) is 25.5 Å². The Balaban J connectivity index is 2.03. The monoisotopic (exact) mass is 261 g/mol. The first kappa shape index (κ1) is 13.8. The van der Waals surface area contributed by atoms with Crippen LogP contribution in [0.25, 0.3) is 0 Å². The van der Waals surface area contributed by atoms with Gasteiger partial charge in [-0.25, -0.2) is 4.39 Å². The summed E-state index contributed by atoms with van der Waals surface area (Å²) in [7, 11) is 2.14. The van der Waals surface area contributed by atoms with Gasteiger partial charge in [0.05, 0.1) is 11.3 Å². The largest absolute Gasteiger partial charge is 0.381 e. The Morgan fingerprint density at radius 2 is 2.11 bits per heavy atom. The van der Waals surface area contributed by atoms with Gasteiger partial charge in [0.25, 0.3) is 0 Å². The molecule has 0 aromatic heterocycles. The van der Waals surface area contributed by atoms with Gasteiger partial charge in [-0.1, -0.05) is 0 Å². The minimum absolute atomic E-state index is 0.297. The van der Waals surface area contributed by atoms with Crippen molar-refractivity contribution in [2.24, 2.45) is 5.92 Å². The van der Waals surface area contributed by atoms with Crippen LogP contribution in [0.2, 0.25) is 0 Å². The van der Waals surface area contributed by atoms with Crippen molar-refractivity contribution in [3.05, 3.63) is 29.6 Å². The van der Waals surface area contributed by atoms with Crippen LogP contribution in [0.15, 0.2) is 18.2 Å². The van der Waals surface area contributed by atoms with E-state index >= 15 is 0 Å². The normalized spacial score (nSPS) is 18.8. The van der Waals surface area contributed by atoms with Crippen molar-refractivity contribution in [2.45, 2.75) is 25.8 Å². The minimum Gasteiger partial charge on any atom is -0.381 e. The molecule has 1 aliphatic rings. The zero-order valence-corrected chi connectivity index (χ0v) is 11.5. The Morgan fingerprint density at radius 1 is 1.42 bits per heavy atom. The third kappa shape index (κ3) is 3.45. The maximum atomic E-state index is 13.1. The summed E-state index contributed by atoms with van der Waals surface area (Å²) >= 11 is 0. The van der Waals surface area contributed by atoms with Crippen LogP contribution in [0, 0.1) is 23.1 Å². The Morgan fingerprint density at radius 3 is 2.74 bits per heavy atom. The van der Waals surface area contributed by atoms with Gasteiger partial charge in [0.2, 0.25) is 0 Å². The van der Waals surface area contributed by atoms with Crippen LogP contribution in [-0.4, -0.2) is 31.1 Å². The molecule has 19 heavy (non-hydrogen) atoms. The number of hydrogen-bond donors (Lipinski definition) is 1. The standard InChI is InChI=1S/C15H20FN3/c1-11(12-5-7-19(2)8-6-12)18-15-4-3-14(16)9-13(15)10-17/h3-4,9,11-12,18H,5-8H2,1-2H3. The number of piperidine rings is 1. The highest BCUT2D eigenvalue weighted by Crippen LogP contribution is 2.24. The van der Waals surface area contributed by atoms with Crippen LogP contribution in [0.4, 0.5) is 10.1 Å². The van der Waals surface area contributed by atoms with Gasteiger partial charge in [-0.2, -0.15) is 5.26 Å². The fourth-order valence-corrected chi connectivity index (χ4v) is 2.63. The highest BCUT2D eigenvalue weighted by Gasteiger charge is 2.22. The molecule has 0 aliphatic carbocycles. The number of likely N-dealkylation sites (tertiary alicyclic amines) is 1. The maximum Gasteiger partial charge on any atom is 0.124 e. The maximum absolute atomic E-state index is 13.1. The molecule has 0 spiro atoms. The molecule has 2 rings (SSSR count). The zero-order chi connectivity index (χ0) is 13.8. The quantitative estimate of drug-likeness (QED) is 0.909. The number of nitrogens with one attached hydrogen (secondary N) is 1. The van der Waals surface area contributed by atoms with E-state index in [1.54, 1.807) is 6.07 Å². The van der Waals surface area contributed by atoms with E-state index in [1.165, 1.54) is 12.1 Å². The highest BCUT2D eigenvalue weighted by molar-refractivity contribution is 5.57. The molecule has 1 N–H and O–H groups in total. The summed E-state index contributed by atoms with van der Waals surface area (Å²) < 4.78 is 13.1. The molecule has 0 saturated carbocycles. The van der Waals surface area contributed by atoms with Crippen LogP contribution in [0.3, 0.4) is 0 Å². The van der Waals surface area contributed by atoms with Crippen LogP contribution in [-0.2, 0) is 0 Å². The lowest BCUT2D eigenvalue weighted by Gasteiger charge is -2.33. The molecule has 1 atom stereocenters. The molecule has 0 amide bonds. The summed E-state index contributed by atoms with van der Waals surface area (Å²) in [6.45, 7) is 4.37. The Bertz CT molecular complexity index is 473. The van der Waals surface area contributed by atoms with Crippen LogP contribution in [0.1, 0.15) is 25.3 Å². The molecule has 102 valence electrons. The molecular weight excluding hydrogens is 241 g/mol. The van der Waals surface area contributed by atoms with E-state index in [1.807, 2.05) is 6.07 Å². The third-order valence-electron chi connectivity index (χ3n) is 3.96. The van der Waals surface area contributed by atoms with E-state index < -0.39 is 0 Å². The number of rotatable bonds is 3. The second-order valence-electron chi connectivity index (χ2n) is 5.38. The third-order valence-corrected chi connectivity index (χ3v) is 3.96. The van der Waals surface area contributed by atoms with Gasteiger partial charge >= 0.3 is 0 Å². The van der Waals surface area contributed by atoms with E-state index in [0.717, 1.165) is 31.6 Å². The summed E-state index contributed by atoms with van der Waals surface area (Å²) in [6, 6.07) is 6.67. The van der Waals surface area contributed by atoms with Gasteiger partial charge in [0.1, 0.15) is 11.9 Å². The summed E-state index contributed by atoms with van der Waals surface area (Å²) in [4.78, 5) is 2.34. The second-order valence-corrected chi connectivity index (χ2v) is 5.38. The van der Waals surface area contributed by atoms with Gasteiger partial charge in [0.15, 0.2) is 0 Å². The molecule has 4 heteroatoms. The lowest BCUT2D eigenvalue weighted by molar-refractivity contribution is 0.208. The van der Waals surface area contributed by atoms with Crippen molar-refractivity contribution in [1.82, 2.24) is 4.90 Å². The minimum atomic E-state index is -0.367. The summed E-state index contributed by atoms with van der Waals surface area (Å²) in [5.41, 5.74) is 1.11. The molecule has 1 aliphatic heterocycles. The van der Waals surface area contributed by atoms with Gasteiger partial charge < -0.3 is 10.2 Å². The number of nitrogens with zero attached hydrogens (tertiary/aromatic N) is 2. The van der Waals surface area contributed by atoms with E-state index in [4.69, 9.17) is 5.26 Å². The molecular formula is C15H20FN3. The van der Waals surface area contributed by atoms with E-state index in [0.29, 0.717) is 17.5 Å². The van der Waals surface area contributed by atoms with Crippen molar-refractivity contribution < 1.29 is 4.39 Å². The zero-order valence-electron chi connectivity index (χ0n) is 11.5. The highest BCUT2D eigenvalue weighted by atomic mass is 19.1. The topological polar surface area (TPSA) is 39.1 Å². The molecule has 1 unspecified atom stereocenters. The predicted molar refractivity (Wildman–Crippen MR) is 74.4 cm³/mol. The van der Waals surface area contributed by atoms with Gasteiger partial charge in [-0.15, -0.1) is 0 Å². The molecule has 1 aromatic carbocycles. The Hall–Kier alpha value is -1.60. The molecule has 1 saturated heterocycles. The van der Waals surface area contributed by atoms with E-state index in [2.05, 4.69) is 24.2 Å². The average Bonchev–Trinajstić information content (AvgIpc) is 2.41. The van der Waals surface area contributed by atoms with Crippen LogP contribution >= 0.6 is 0 Å². The van der Waals surface area contributed by atoms with Crippen molar-refractivity contribution in [3.63, 3.8) is 0 Å². The average molecular weight is 261 g/mol. The Labute approximate surface area is 114 Å². The summed E-state index contributed by atoms with van der Waals surface area (Å²) in [5, 5.41) is 12.4. The van der Waals surface area contributed by atoms with Crippen LogP contribution < -0.4 is 5.32 Å². The molecule has 0 radical (unpaired) electrons. The summed E-state index contributed by atoms with van der Waals surface area (Å²) in [6.07, 6.45) is 2.32. The molecule has 1 heterocycles. The van der Waals surface area contributed by atoms with Crippen molar-refractivity contribution in [3.8, 4) is 6.07 Å². The number of hydrogen-bond acceptors (Lipinski definition) is 3. The van der Waals surface area contributed by atoms with E-state index in [-0.39, 0.29) is 5.82 Å². The van der Waals surface area contributed by atoms with Crippen molar-refractivity contribution >= 4 is 5.69 Å². The summed E-state index contributed by atoms with van der Waals surface area (Å²) in [5.74, 6) is 0.238. The van der Waals surface area contributed by atoms with Gasteiger partial charge in [0, 0.05) is 6.04 Å². The van der Waals surface area contributed by atoms with Gasteiger partial charge in [-0.05, 0) is 64.0 Å². The number of halogens is 1. The lowest BCUT2D eigenvalue weighted by atomic mass is 9.90. The predicted octanol–water partition coefficient (Wildman–Crippen LogP) is 2.84. The van der Waals surface area contributed by atoms with Crippen molar-refractivity contribution in [1.29, 1.82) is 5.26 Å². The second kappa shape index (κ2) is 6.03. The first-order valence-corrected chi connectivity index (χ1v) is 6.75. The number of benzene rings is 1. The first-order chi connectivity index (χ1) is 9.10. The molecule has 1 aromatic rings. The number of nitriles is 1. The molecule has 3 nitrogen and oxygen atoms in total. The first-order valence-electron chi connectivity index (χ1n) is 6.75. The SMILES string of the molecule is CC(Nc1ccc(F)cc1C#N)C1CCN(C)CC1. The fourth-order valence-electron chi connectivity index (χ4n) is 2.63. The molecule has 1 fully saturated rings. The smallest absolute Gasteiger partial charge is 0.124 e. The molecule has 0 bridgehead atoms. The fraction of sp³-hybridized carbons (Fsp3) is 0.533. The lowest BCUT2D eigenvalue weighted by Crippen LogP contribution is -2.37. The number of anilines is 1. The van der Waals surface area contributed by atoms with Crippen LogP contribution in [0.5, 0.6) is 0 Å². The Kier molecular flexibility index (Phi) is 4.39. The van der Waals surface area contributed by atoms with Gasteiger partial charge in [-0.3, -0.25) is 0 Å².